The van der Waals surface area contributed by atoms with Crippen LogP contribution in [0.4, 0.5) is 0 Å². The van der Waals surface area contributed by atoms with E-state index in [4.69, 9.17) is 16.1 Å². The molecule has 7 heteroatoms. The maximum Gasteiger partial charge on any atom is 0.276 e. The number of fused-ring (bicyclic) bond motifs is 1. The van der Waals surface area contributed by atoms with E-state index in [9.17, 15) is 4.79 Å². The van der Waals surface area contributed by atoms with Crippen molar-refractivity contribution in [2.45, 2.75) is 0 Å². The van der Waals surface area contributed by atoms with Gasteiger partial charge in [-0.15, -0.1) is 11.3 Å². The number of nitrogens with zero attached hydrogens (tertiary/aromatic N) is 2. The minimum absolute atomic E-state index is 0.0398. The lowest BCUT2D eigenvalue weighted by Gasteiger charge is -2.15. The molecule has 21 heavy (non-hydrogen) atoms. The topological polar surface area (TPSA) is 58.4 Å². The molecule has 4 heterocycles. The lowest BCUT2D eigenvalue weighted by atomic mass is 10.0. The van der Waals surface area contributed by atoms with Gasteiger partial charge >= 0.3 is 0 Å². The second-order valence-electron chi connectivity index (χ2n) is 5.57. The number of halogens is 1. The Kier molecular flexibility index (Phi) is 3.24. The van der Waals surface area contributed by atoms with Crippen molar-refractivity contribution in [3.63, 3.8) is 0 Å². The van der Waals surface area contributed by atoms with Crippen molar-refractivity contribution in [3.05, 3.63) is 28.2 Å². The predicted octanol–water partition coefficient (Wildman–Crippen LogP) is 2.35. The van der Waals surface area contributed by atoms with Crippen LogP contribution in [0.1, 0.15) is 10.5 Å². The van der Waals surface area contributed by atoms with Crippen LogP contribution in [-0.4, -0.2) is 42.1 Å². The van der Waals surface area contributed by atoms with Gasteiger partial charge in [-0.05, 0) is 24.0 Å². The minimum atomic E-state index is -0.0398. The second-order valence-corrected chi connectivity index (χ2v) is 7.28. The summed E-state index contributed by atoms with van der Waals surface area (Å²) in [4.78, 5) is 15.3. The van der Waals surface area contributed by atoms with E-state index in [1.165, 1.54) is 11.3 Å². The van der Waals surface area contributed by atoms with Gasteiger partial charge in [0.2, 0.25) is 0 Å². The molecule has 1 amide bonds. The van der Waals surface area contributed by atoms with E-state index in [2.05, 4.69) is 10.5 Å². The van der Waals surface area contributed by atoms with Crippen LogP contribution in [0.2, 0.25) is 4.34 Å². The van der Waals surface area contributed by atoms with Crippen molar-refractivity contribution in [3.8, 4) is 10.6 Å². The molecule has 0 bridgehead atoms. The number of nitrogens with one attached hydrogen (secondary N) is 1. The van der Waals surface area contributed by atoms with E-state index in [1.54, 1.807) is 12.1 Å². The summed E-state index contributed by atoms with van der Waals surface area (Å²) in [5.74, 6) is 1.71. The first kappa shape index (κ1) is 13.3. The Balaban J connectivity index is 1.52. The van der Waals surface area contributed by atoms with E-state index >= 15 is 0 Å². The maximum absolute atomic E-state index is 12.5. The number of aromatic nitrogens is 1. The van der Waals surface area contributed by atoms with E-state index in [0.29, 0.717) is 27.6 Å². The second kappa shape index (κ2) is 5.12. The lowest BCUT2D eigenvalue weighted by molar-refractivity contribution is 0.0771. The van der Waals surface area contributed by atoms with Gasteiger partial charge in [-0.25, -0.2) is 0 Å². The first-order chi connectivity index (χ1) is 10.2. The molecule has 0 unspecified atom stereocenters. The summed E-state index contributed by atoms with van der Waals surface area (Å²) in [6.45, 7) is 3.63. The van der Waals surface area contributed by atoms with Gasteiger partial charge in [0.05, 0.1) is 9.21 Å². The van der Waals surface area contributed by atoms with Gasteiger partial charge in [-0.1, -0.05) is 16.8 Å². The standard InChI is InChI=1S/C14H14ClN3O2S/c15-13-2-1-12(21-13)11-3-10(17-20-11)14(19)18-6-8-4-16-5-9(8)7-18/h1-3,8-9,16H,4-7H2/t8-,9+. The number of thiophene rings is 1. The Hall–Kier alpha value is -1.37. The van der Waals surface area contributed by atoms with Crippen LogP contribution in [0.15, 0.2) is 22.7 Å². The van der Waals surface area contributed by atoms with Crippen LogP contribution in [-0.2, 0) is 0 Å². The Bertz CT molecular complexity index is 671. The first-order valence-electron chi connectivity index (χ1n) is 6.93. The van der Waals surface area contributed by atoms with Crippen LogP contribution >= 0.6 is 22.9 Å². The van der Waals surface area contributed by atoms with Gasteiger partial charge in [0.25, 0.3) is 5.91 Å². The fourth-order valence-electron chi connectivity index (χ4n) is 3.12. The van der Waals surface area contributed by atoms with Crippen LogP contribution in [0, 0.1) is 11.8 Å². The summed E-state index contributed by atoms with van der Waals surface area (Å²) >= 11 is 7.32. The van der Waals surface area contributed by atoms with Gasteiger partial charge in [-0.2, -0.15) is 0 Å². The highest BCUT2D eigenvalue weighted by Crippen LogP contribution is 2.32. The van der Waals surface area contributed by atoms with Crippen molar-refractivity contribution < 1.29 is 9.32 Å². The summed E-state index contributed by atoms with van der Waals surface area (Å²) in [6.07, 6.45) is 0. The van der Waals surface area contributed by atoms with E-state index in [-0.39, 0.29) is 5.91 Å². The fraction of sp³-hybridized carbons (Fsp3) is 0.429. The van der Waals surface area contributed by atoms with E-state index in [1.807, 2.05) is 11.0 Å². The SMILES string of the molecule is O=C(c1cc(-c2ccc(Cl)s2)on1)N1C[C@H]2CNC[C@H]2C1. The normalized spacial score (nSPS) is 24.5. The summed E-state index contributed by atoms with van der Waals surface area (Å²) in [5, 5.41) is 7.29. The molecule has 2 aromatic heterocycles. The van der Waals surface area contributed by atoms with E-state index in [0.717, 1.165) is 31.1 Å². The number of rotatable bonds is 2. The summed E-state index contributed by atoms with van der Waals surface area (Å²) < 4.78 is 5.97. The van der Waals surface area contributed by atoms with Crippen LogP contribution in [0.3, 0.4) is 0 Å². The smallest absolute Gasteiger partial charge is 0.276 e. The molecule has 2 aliphatic rings. The Morgan fingerprint density at radius 2 is 2.14 bits per heavy atom. The molecule has 0 aromatic carbocycles. The Labute approximate surface area is 130 Å². The molecule has 0 spiro atoms. The average Bonchev–Trinajstić information content (AvgIpc) is 3.20. The number of hydrogen-bond donors (Lipinski definition) is 1. The van der Waals surface area contributed by atoms with E-state index < -0.39 is 0 Å². The Morgan fingerprint density at radius 3 is 2.81 bits per heavy atom. The molecule has 4 rings (SSSR count). The summed E-state index contributed by atoms with van der Waals surface area (Å²) in [7, 11) is 0. The van der Waals surface area contributed by atoms with Gasteiger partial charge in [0.15, 0.2) is 11.5 Å². The highest BCUT2D eigenvalue weighted by Gasteiger charge is 2.38. The molecule has 2 aliphatic heterocycles. The zero-order chi connectivity index (χ0) is 14.4. The zero-order valence-corrected chi connectivity index (χ0v) is 12.8. The molecule has 110 valence electrons. The number of carbonyl (C=O) groups is 1. The van der Waals surface area contributed by atoms with Crippen LogP contribution in [0.5, 0.6) is 0 Å². The predicted molar refractivity (Wildman–Crippen MR) is 80.6 cm³/mol. The summed E-state index contributed by atoms with van der Waals surface area (Å²) in [5.41, 5.74) is 0.377. The van der Waals surface area contributed by atoms with Crippen molar-refractivity contribution in [1.29, 1.82) is 0 Å². The van der Waals surface area contributed by atoms with Gasteiger partial charge in [-0.3, -0.25) is 4.79 Å². The maximum atomic E-state index is 12.5. The van der Waals surface area contributed by atoms with Gasteiger partial charge in [0, 0.05) is 32.2 Å². The van der Waals surface area contributed by atoms with Crippen molar-refractivity contribution in [2.24, 2.45) is 11.8 Å². The molecule has 5 nitrogen and oxygen atoms in total. The third-order valence-corrected chi connectivity index (χ3v) is 5.47. The van der Waals surface area contributed by atoms with Crippen molar-refractivity contribution in [1.82, 2.24) is 15.4 Å². The third kappa shape index (κ3) is 2.37. The van der Waals surface area contributed by atoms with Crippen molar-refractivity contribution in [2.75, 3.05) is 26.2 Å². The molecule has 2 fully saturated rings. The molecule has 0 radical (unpaired) electrons. The molecule has 2 saturated heterocycles. The number of amides is 1. The summed E-state index contributed by atoms with van der Waals surface area (Å²) in [6, 6.07) is 5.38. The molecule has 2 aromatic rings. The first-order valence-corrected chi connectivity index (χ1v) is 8.12. The Morgan fingerprint density at radius 1 is 1.38 bits per heavy atom. The largest absolute Gasteiger partial charge is 0.355 e. The van der Waals surface area contributed by atoms with Gasteiger partial charge < -0.3 is 14.7 Å². The highest BCUT2D eigenvalue weighted by molar-refractivity contribution is 7.19. The average molecular weight is 324 g/mol. The minimum Gasteiger partial charge on any atom is -0.355 e. The molecule has 0 aliphatic carbocycles. The van der Waals surface area contributed by atoms with Gasteiger partial charge in [0.1, 0.15) is 0 Å². The number of hydrogen-bond acceptors (Lipinski definition) is 5. The molecule has 2 atom stereocenters. The molecular formula is C14H14ClN3O2S. The molecular weight excluding hydrogens is 310 g/mol. The number of likely N-dealkylation sites (tertiary alicyclic amines) is 1. The third-order valence-electron chi connectivity index (χ3n) is 4.22. The van der Waals surface area contributed by atoms with Crippen LogP contribution < -0.4 is 5.32 Å². The molecule has 1 N–H and O–H groups in total. The lowest BCUT2D eigenvalue weighted by Crippen LogP contribution is -2.32. The zero-order valence-electron chi connectivity index (χ0n) is 11.2. The monoisotopic (exact) mass is 323 g/mol. The highest BCUT2D eigenvalue weighted by atomic mass is 35.5. The van der Waals surface area contributed by atoms with Crippen LogP contribution in [0.25, 0.3) is 10.6 Å². The fourth-order valence-corrected chi connectivity index (χ4v) is 4.11. The van der Waals surface area contributed by atoms with Crippen molar-refractivity contribution >= 4 is 28.8 Å². The number of carbonyl (C=O) groups excluding carboxylic acids is 1. The molecule has 0 saturated carbocycles. The quantitative estimate of drug-likeness (QED) is 0.921.